The van der Waals surface area contributed by atoms with Crippen molar-refractivity contribution in [3.05, 3.63) is 0 Å². The molecule has 35 heavy (non-hydrogen) atoms. The Labute approximate surface area is 210 Å². The first kappa shape index (κ1) is 28.2. The number of carbonyl (C=O) groups is 2. The molecular formula is C24H48N8O3. The molecule has 3 bridgehead atoms. The third kappa shape index (κ3) is 7.12. The summed E-state index contributed by atoms with van der Waals surface area (Å²) in [6.07, 6.45) is 0.532. The normalized spacial score (nSPS) is 38.2. The van der Waals surface area contributed by atoms with E-state index >= 15 is 0 Å². The van der Waals surface area contributed by atoms with E-state index in [1.807, 2.05) is 0 Å². The number of nitrogens with one attached hydrogen (secondary N) is 5. The quantitative estimate of drug-likeness (QED) is 0.233. The van der Waals surface area contributed by atoms with Crippen LogP contribution in [-0.2, 0) is 9.59 Å². The van der Waals surface area contributed by atoms with Gasteiger partial charge in [-0.15, -0.1) is 0 Å². The van der Waals surface area contributed by atoms with Gasteiger partial charge in [0.05, 0.1) is 5.66 Å². The van der Waals surface area contributed by atoms with E-state index in [0.717, 1.165) is 45.8 Å². The molecular weight excluding hydrogens is 448 g/mol. The highest BCUT2D eigenvalue weighted by atomic mass is 16.4. The number of carboxylic acid groups (broad SMARTS) is 1. The SMILES string of the molecule is CC1CNC[C@@]2(N)CNCC3(C)CNC[C@@](NC(=O)CCCC(=O)O)(CNC1)N(C)CC3CN2C. The summed E-state index contributed by atoms with van der Waals surface area (Å²) in [6.45, 7) is 12.2. The lowest BCUT2D eigenvalue weighted by molar-refractivity contribution is -0.137. The first-order valence-electron chi connectivity index (χ1n) is 13.1. The maximum absolute atomic E-state index is 13.0. The average molecular weight is 497 g/mol. The van der Waals surface area contributed by atoms with Gasteiger partial charge in [-0.2, -0.15) is 0 Å². The molecule has 0 aromatic heterocycles. The van der Waals surface area contributed by atoms with Crippen LogP contribution in [0.4, 0.5) is 0 Å². The number of aliphatic carboxylic acids is 1. The second-order valence-corrected chi connectivity index (χ2v) is 11.6. The number of carboxylic acids is 1. The molecule has 3 aliphatic heterocycles. The summed E-state index contributed by atoms with van der Waals surface area (Å²) in [5.74, 6) is -0.288. The molecule has 1 amide bonds. The largest absolute Gasteiger partial charge is 0.481 e. The van der Waals surface area contributed by atoms with Gasteiger partial charge in [0.2, 0.25) is 5.91 Å². The highest BCUT2D eigenvalue weighted by molar-refractivity contribution is 5.77. The lowest BCUT2D eigenvalue weighted by atomic mass is 9.73. The van der Waals surface area contributed by atoms with Crippen LogP contribution in [0.3, 0.4) is 0 Å². The monoisotopic (exact) mass is 496 g/mol. The van der Waals surface area contributed by atoms with E-state index in [1.54, 1.807) is 0 Å². The van der Waals surface area contributed by atoms with E-state index in [9.17, 15) is 9.59 Å². The van der Waals surface area contributed by atoms with Gasteiger partial charge in [-0.25, -0.2) is 0 Å². The molecule has 8 N–H and O–H groups in total. The highest BCUT2D eigenvalue weighted by Crippen LogP contribution is 2.33. The van der Waals surface area contributed by atoms with Gasteiger partial charge in [-0.3, -0.25) is 19.4 Å². The van der Waals surface area contributed by atoms with Crippen LogP contribution in [0.15, 0.2) is 0 Å². The van der Waals surface area contributed by atoms with E-state index in [0.29, 0.717) is 37.9 Å². The second kappa shape index (κ2) is 11.8. The number of nitrogens with two attached hydrogens (primary N) is 1. The van der Waals surface area contributed by atoms with Crippen LogP contribution in [0.25, 0.3) is 0 Å². The lowest BCUT2D eigenvalue weighted by Gasteiger charge is -2.54. The predicted octanol–water partition coefficient (Wildman–Crippen LogP) is -1.77. The van der Waals surface area contributed by atoms with E-state index < -0.39 is 17.3 Å². The Morgan fingerprint density at radius 2 is 1.51 bits per heavy atom. The molecule has 5 atom stereocenters. The number of hydrogen-bond acceptors (Lipinski definition) is 9. The molecule has 0 aromatic carbocycles. The van der Waals surface area contributed by atoms with Crippen molar-refractivity contribution < 1.29 is 14.7 Å². The van der Waals surface area contributed by atoms with Crippen molar-refractivity contribution in [3.63, 3.8) is 0 Å². The molecule has 0 aromatic rings. The molecule has 0 saturated carbocycles. The van der Waals surface area contributed by atoms with Gasteiger partial charge in [0, 0.05) is 65.2 Å². The summed E-state index contributed by atoms with van der Waals surface area (Å²) >= 11 is 0. The predicted molar refractivity (Wildman–Crippen MR) is 137 cm³/mol. The minimum absolute atomic E-state index is 0.00211. The van der Waals surface area contributed by atoms with Crippen LogP contribution >= 0.6 is 0 Å². The first-order chi connectivity index (χ1) is 16.5. The Morgan fingerprint density at radius 3 is 2.20 bits per heavy atom. The minimum Gasteiger partial charge on any atom is -0.481 e. The Balaban J connectivity index is 1.88. The molecule has 3 heterocycles. The van der Waals surface area contributed by atoms with Crippen molar-refractivity contribution in [1.29, 1.82) is 0 Å². The zero-order chi connectivity index (χ0) is 25.7. The fourth-order valence-corrected chi connectivity index (χ4v) is 5.69. The maximum Gasteiger partial charge on any atom is 0.303 e. The maximum atomic E-state index is 13.0. The summed E-state index contributed by atoms with van der Waals surface area (Å²) in [7, 11) is 4.21. The molecule has 11 heteroatoms. The number of likely N-dealkylation sites (N-methyl/N-ethyl adjacent to an activating group) is 2. The lowest BCUT2D eigenvalue weighted by Crippen LogP contribution is -2.74. The summed E-state index contributed by atoms with van der Waals surface area (Å²) in [5, 5.41) is 26.8. The number of nitrogens with zero attached hydrogens (tertiary/aromatic N) is 2. The highest BCUT2D eigenvalue weighted by Gasteiger charge is 2.46. The Kier molecular flexibility index (Phi) is 9.52. The third-order valence-electron chi connectivity index (χ3n) is 8.37. The smallest absolute Gasteiger partial charge is 0.303 e. The minimum atomic E-state index is -0.875. The molecule has 202 valence electrons. The van der Waals surface area contributed by atoms with Gasteiger partial charge in [-0.05, 0) is 50.9 Å². The van der Waals surface area contributed by atoms with Crippen LogP contribution < -0.4 is 32.3 Å². The number of carbonyl (C=O) groups excluding carboxylic acids is 1. The van der Waals surface area contributed by atoms with Crippen LogP contribution in [0.2, 0.25) is 0 Å². The van der Waals surface area contributed by atoms with Gasteiger partial charge in [0.15, 0.2) is 0 Å². The number of hydrogen-bond donors (Lipinski definition) is 7. The van der Waals surface area contributed by atoms with Gasteiger partial charge in [0.1, 0.15) is 5.66 Å². The van der Waals surface area contributed by atoms with Gasteiger partial charge < -0.3 is 37.4 Å². The molecule has 11 nitrogen and oxygen atoms in total. The van der Waals surface area contributed by atoms with Crippen molar-refractivity contribution >= 4 is 11.9 Å². The van der Waals surface area contributed by atoms with Crippen LogP contribution in [-0.4, -0.2) is 118 Å². The standard InChI is InChI=1S/C24H48N8O3/c1-18-8-26-14-23(25)15-28-12-22(2)13-29-17-24(16-27-9-18,30-20(33)6-5-7-21(34)35)32(4)11-19(22)10-31(23)3/h18-19,26-29H,5-17,25H2,1-4H3,(H,30,33)(H,34,35)/t18?,19?,22?,23-,24+/m0/s1. The van der Waals surface area contributed by atoms with Gasteiger partial charge in [-0.1, -0.05) is 13.8 Å². The molecule has 3 fully saturated rings. The Hall–Kier alpha value is -1.34. The van der Waals surface area contributed by atoms with Crippen molar-refractivity contribution in [2.45, 2.75) is 44.4 Å². The first-order valence-corrected chi connectivity index (χ1v) is 13.1. The van der Waals surface area contributed by atoms with Crippen LogP contribution in [0.1, 0.15) is 33.1 Å². The van der Waals surface area contributed by atoms with Crippen molar-refractivity contribution in [2.75, 3.05) is 79.5 Å². The number of rotatable bonds is 5. The molecule has 3 saturated heterocycles. The summed E-state index contributed by atoms with van der Waals surface area (Å²) in [6, 6.07) is 0. The molecule has 0 radical (unpaired) electrons. The van der Waals surface area contributed by atoms with Crippen molar-refractivity contribution in [1.82, 2.24) is 36.4 Å². The third-order valence-corrected chi connectivity index (χ3v) is 8.37. The molecule has 0 aliphatic carbocycles. The van der Waals surface area contributed by atoms with E-state index in [4.69, 9.17) is 10.8 Å². The fraction of sp³-hybridized carbons (Fsp3) is 0.917. The van der Waals surface area contributed by atoms with Gasteiger partial charge in [0.25, 0.3) is 0 Å². The van der Waals surface area contributed by atoms with Gasteiger partial charge >= 0.3 is 5.97 Å². The van der Waals surface area contributed by atoms with Crippen LogP contribution in [0, 0.1) is 17.3 Å². The Morgan fingerprint density at radius 1 is 0.943 bits per heavy atom. The number of amides is 1. The van der Waals surface area contributed by atoms with E-state index in [1.165, 1.54) is 0 Å². The average Bonchev–Trinajstić information content (AvgIpc) is 2.76. The Bertz CT molecular complexity index is 734. The van der Waals surface area contributed by atoms with E-state index in [-0.39, 0.29) is 24.2 Å². The summed E-state index contributed by atoms with van der Waals surface area (Å²) in [4.78, 5) is 28.5. The topological polar surface area (TPSA) is 147 Å². The van der Waals surface area contributed by atoms with Crippen LogP contribution in [0.5, 0.6) is 0 Å². The molecule has 3 rings (SSSR count). The zero-order valence-electron chi connectivity index (χ0n) is 22.1. The van der Waals surface area contributed by atoms with Crippen molar-refractivity contribution in [3.8, 4) is 0 Å². The molecule has 0 spiro atoms. The molecule has 3 aliphatic rings. The summed E-state index contributed by atoms with van der Waals surface area (Å²) < 4.78 is 0. The second-order valence-electron chi connectivity index (χ2n) is 11.6. The summed E-state index contributed by atoms with van der Waals surface area (Å²) in [5.41, 5.74) is 5.85. The van der Waals surface area contributed by atoms with E-state index in [2.05, 4.69) is 64.3 Å². The number of fused-ring (bicyclic) bond motifs is 4. The molecule has 3 unspecified atom stereocenters. The zero-order valence-corrected chi connectivity index (χ0v) is 22.1. The fourth-order valence-electron chi connectivity index (χ4n) is 5.69. The van der Waals surface area contributed by atoms with Crippen molar-refractivity contribution in [2.24, 2.45) is 23.0 Å².